The summed E-state index contributed by atoms with van der Waals surface area (Å²) < 4.78 is 30.5. The Kier molecular flexibility index (Phi) is 7.02. The molecule has 1 amide bonds. The Labute approximate surface area is 138 Å². The maximum atomic E-state index is 11.8. The number of carbonyl (C=O) groups excluding carboxylic acids is 1. The largest absolute Gasteiger partial charge is 0.497 e. The number of ether oxygens (including phenoxy) is 1. The number of hydrogen-bond donors (Lipinski definition) is 2. The molecule has 0 radical (unpaired) electrons. The standard InChI is InChI=1S/C16H26N2O4S/c1-16(2,3)23(20,21)17-12-6-5-7-15(19)18-13-8-10-14(22-4)11-9-13/h8-11,17H,5-7,12H2,1-4H3,(H,18,19). The van der Waals surface area contributed by atoms with Crippen molar-refractivity contribution in [2.75, 3.05) is 19.0 Å². The molecular weight excluding hydrogens is 316 g/mol. The van der Waals surface area contributed by atoms with E-state index in [2.05, 4.69) is 10.0 Å². The number of rotatable bonds is 8. The van der Waals surface area contributed by atoms with Gasteiger partial charge in [-0.05, 0) is 57.9 Å². The highest BCUT2D eigenvalue weighted by atomic mass is 32.2. The van der Waals surface area contributed by atoms with Crippen LogP contribution in [0.1, 0.15) is 40.0 Å². The van der Waals surface area contributed by atoms with Gasteiger partial charge in [-0.15, -0.1) is 0 Å². The lowest BCUT2D eigenvalue weighted by Crippen LogP contribution is -2.39. The molecule has 0 aliphatic carbocycles. The summed E-state index contributed by atoms with van der Waals surface area (Å²) in [6, 6.07) is 7.09. The summed E-state index contributed by atoms with van der Waals surface area (Å²) in [5, 5.41) is 2.79. The molecule has 1 aromatic rings. The van der Waals surface area contributed by atoms with E-state index in [1.54, 1.807) is 52.1 Å². The van der Waals surface area contributed by atoms with E-state index in [0.717, 1.165) is 5.75 Å². The van der Waals surface area contributed by atoms with Gasteiger partial charge in [0.2, 0.25) is 15.9 Å². The van der Waals surface area contributed by atoms with Gasteiger partial charge in [-0.1, -0.05) is 0 Å². The van der Waals surface area contributed by atoms with Gasteiger partial charge in [0.05, 0.1) is 11.9 Å². The van der Waals surface area contributed by atoms with Gasteiger partial charge >= 0.3 is 0 Å². The van der Waals surface area contributed by atoms with Gasteiger partial charge in [-0.2, -0.15) is 0 Å². The number of sulfonamides is 1. The zero-order valence-corrected chi connectivity index (χ0v) is 15.0. The van der Waals surface area contributed by atoms with Crippen LogP contribution in [-0.2, 0) is 14.8 Å². The number of benzene rings is 1. The maximum Gasteiger partial charge on any atom is 0.224 e. The normalized spacial score (nSPS) is 12.0. The molecule has 7 heteroatoms. The fourth-order valence-electron chi connectivity index (χ4n) is 1.73. The van der Waals surface area contributed by atoms with Crippen LogP contribution in [0.5, 0.6) is 5.75 Å². The summed E-state index contributed by atoms with van der Waals surface area (Å²) in [5.74, 6) is 0.642. The third-order valence-corrected chi connectivity index (χ3v) is 5.50. The van der Waals surface area contributed by atoms with Crippen molar-refractivity contribution in [1.29, 1.82) is 0 Å². The summed E-state index contributed by atoms with van der Waals surface area (Å²) in [5.41, 5.74) is 0.712. The highest BCUT2D eigenvalue weighted by Crippen LogP contribution is 2.15. The first-order valence-electron chi connectivity index (χ1n) is 7.59. The van der Waals surface area contributed by atoms with Gasteiger partial charge in [0.25, 0.3) is 0 Å². The van der Waals surface area contributed by atoms with Crippen LogP contribution in [0.4, 0.5) is 5.69 Å². The van der Waals surface area contributed by atoms with E-state index in [-0.39, 0.29) is 5.91 Å². The van der Waals surface area contributed by atoms with Crippen molar-refractivity contribution in [2.45, 2.75) is 44.8 Å². The summed E-state index contributed by atoms with van der Waals surface area (Å²) in [7, 11) is -1.73. The number of anilines is 1. The van der Waals surface area contributed by atoms with E-state index in [1.165, 1.54) is 0 Å². The fraction of sp³-hybridized carbons (Fsp3) is 0.562. The Morgan fingerprint density at radius 2 is 1.74 bits per heavy atom. The van der Waals surface area contributed by atoms with Crippen LogP contribution in [0.3, 0.4) is 0 Å². The highest BCUT2D eigenvalue weighted by molar-refractivity contribution is 7.90. The predicted octanol–water partition coefficient (Wildman–Crippen LogP) is 2.52. The van der Waals surface area contributed by atoms with Crippen LogP contribution >= 0.6 is 0 Å². The van der Waals surface area contributed by atoms with Crippen LogP contribution < -0.4 is 14.8 Å². The molecule has 130 valence electrons. The van der Waals surface area contributed by atoms with E-state index in [4.69, 9.17) is 4.74 Å². The predicted molar refractivity (Wildman–Crippen MR) is 92.2 cm³/mol. The average Bonchev–Trinajstić information content (AvgIpc) is 2.46. The minimum atomic E-state index is -3.32. The molecule has 0 spiro atoms. The molecular formula is C16H26N2O4S. The van der Waals surface area contributed by atoms with Crippen molar-refractivity contribution in [2.24, 2.45) is 0 Å². The van der Waals surface area contributed by atoms with Crippen LogP contribution in [0, 0.1) is 0 Å². The second kappa shape index (κ2) is 8.31. The van der Waals surface area contributed by atoms with Gasteiger partial charge < -0.3 is 10.1 Å². The molecule has 0 bridgehead atoms. The minimum absolute atomic E-state index is 0.0890. The molecule has 0 saturated carbocycles. The zero-order valence-electron chi connectivity index (χ0n) is 14.2. The molecule has 0 aromatic heterocycles. The van der Waals surface area contributed by atoms with Crippen molar-refractivity contribution in [3.8, 4) is 5.75 Å². The van der Waals surface area contributed by atoms with Crippen LogP contribution in [-0.4, -0.2) is 32.7 Å². The molecule has 0 unspecified atom stereocenters. The molecule has 6 nitrogen and oxygen atoms in total. The summed E-state index contributed by atoms with van der Waals surface area (Å²) in [6.07, 6.45) is 1.59. The lowest BCUT2D eigenvalue weighted by Gasteiger charge is -2.19. The number of hydrogen-bond acceptors (Lipinski definition) is 4. The number of methoxy groups -OCH3 is 1. The van der Waals surface area contributed by atoms with E-state index in [1.807, 2.05) is 0 Å². The highest BCUT2D eigenvalue weighted by Gasteiger charge is 2.27. The van der Waals surface area contributed by atoms with Gasteiger partial charge in [0, 0.05) is 18.7 Å². The summed E-state index contributed by atoms with van der Waals surface area (Å²) in [4.78, 5) is 11.8. The molecule has 1 rings (SSSR count). The smallest absolute Gasteiger partial charge is 0.224 e. The van der Waals surface area contributed by atoms with Crippen molar-refractivity contribution < 1.29 is 17.9 Å². The van der Waals surface area contributed by atoms with E-state index < -0.39 is 14.8 Å². The SMILES string of the molecule is COc1ccc(NC(=O)CCCCNS(=O)(=O)C(C)(C)C)cc1. The molecule has 0 aliphatic heterocycles. The van der Waals surface area contributed by atoms with Crippen LogP contribution in [0.25, 0.3) is 0 Å². The molecule has 23 heavy (non-hydrogen) atoms. The van der Waals surface area contributed by atoms with Gasteiger partial charge in [0.1, 0.15) is 5.75 Å². The third-order valence-electron chi connectivity index (χ3n) is 3.30. The Hall–Kier alpha value is -1.60. The minimum Gasteiger partial charge on any atom is -0.497 e. The van der Waals surface area contributed by atoms with Gasteiger partial charge in [0.15, 0.2) is 0 Å². The van der Waals surface area contributed by atoms with E-state index in [0.29, 0.717) is 31.5 Å². The molecule has 0 aliphatic rings. The van der Waals surface area contributed by atoms with Crippen molar-refractivity contribution in [3.63, 3.8) is 0 Å². The molecule has 2 N–H and O–H groups in total. The molecule has 0 heterocycles. The fourth-order valence-corrected chi connectivity index (χ4v) is 2.58. The topological polar surface area (TPSA) is 84.5 Å². The second-order valence-corrected chi connectivity index (χ2v) is 8.76. The average molecular weight is 342 g/mol. The summed E-state index contributed by atoms with van der Waals surface area (Å²) in [6.45, 7) is 5.29. The third kappa shape index (κ3) is 6.58. The Morgan fingerprint density at radius 3 is 2.26 bits per heavy atom. The van der Waals surface area contributed by atoms with E-state index in [9.17, 15) is 13.2 Å². The van der Waals surface area contributed by atoms with Crippen molar-refractivity contribution in [3.05, 3.63) is 24.3 Å². The summed E-state index contributed by atoms with van der Waals surface area (Å²) >= 11 is 0. The molecule has 0 fully saturated rings. The monoisotopic (exact) mass is 342 g/mol. The van der Waals surface area contributed by atoms with Gasteiger partial charge in [-0.25, -0.2) is 13.1 Å². The lowest BCUT2D eigenvalue weighted by atomic mass is 10.2. The Balaban J connectivity index is 2.26. The van der Waals surface area contributed by atoms with Gasteiger partial charge in [-0.3, -0.25) is 4.79 Å². The quantitative estimate of drug-likeness (QED) is 0.711. The van der Waals surface area contributed by atoms with Crippen LogP contribution in [0.2, 0.25) is 0 Å². The number of unbranched alkanes of at least 4 members (excludes halogenated alkanes) is 1. The molecule has 0 saturated heterocycles. The van der Waals surface area contributed by atoms with Crippen LogP contribution in [0.15, 0.2) is 24.3 Å². The number of amides is 1. The maximum absolute atomic E-state index is 11.8. The number of carbonyl (C=O) groups is 1. The number of nitrogens with one attached hydrogen (secondary N) is 2. The van der Waals surface area contributed by atoms with Crippen molar-refractivity contribution >= 4 is 21.6 Å². The second-order valence-electron chi connectivity index (χ2n) is 6.24. The first kappa shape index (κ1) is 19.4. The lowest BCUT2D eigenvalue weighted by molar-refractivity contribution is -0.116. The first-order chi connectivity index (χ1) is 10.7. The Morgan fingerprint density at radius 1 is 1.13 bits per heavy atom. The first-order valence-corrected chi connectivity index (χ1v) is 9.07. The zero-order chi connectivity index (χ0) is 17.5. The molecule has 1 aromatic carbocycles. The Bertz CT molecular complexity index is 604. The van der Waals surface area contributed by atoms with Crippen molar-refractivity contribution in [1.82, 2.24) is 4.72 Å². The molecule has 0 atom stereocenters. The van der Waals surface area contributed by atoms with E-state index >= 15 is 0 Å².